The summed E-state index contributed by atoms with van der Waals surface area (Å²) in [4.78, 5) is 11.7. The predicted molar refractivity (Wildman–Crippen MR) is 83.9 cm³/mol. The number of alkyl halides is 1. The van der Waals surface area contributed by atoms with E-state index in [9.17, 15) is 4.79 Å². The zero-order valence-electron chi connectivity index (χ0n) is 10.9. The second-order valence-corrected chi connectivity index (χ2v) is 6.87. The standard InChI is InChI=1S/C12H18IN5O/c1-8-3-4-12(2,13)6-9(11(14)19)10(5-8)18(16)7-17-15/h3-8H,15-16H2,1-2H3,(H2,14,19)/p+1/b4-3-,9-6+,10-5+. The number of halogens is 1. The first-order valence-corrected chi connectivity index (χ1v) is 6.81. The molecule has 1 aliphatic rings. The lowest BCUT2D eigenvalue weighted by atomic mass is 9.96. The van der Waals surface area contributed by atoms with Crippen molar-refractivity contribution in [2.45, 2.75) is 17.3 Å². The number of hydrazine groups is 2. The summed E-state index contributed by atoms with van der Waals surface area (Å²) in [6.07, 6.45) is 9.07. The Balaban J connectivity index is 3.45. The fraction of sp³-hybridized carbons (Fsp3) is 0.333. The van der Waals surface area contributed by atoms with Gasteiger partial charge in [-0.2, -0.15) is 5.84 Å². The van der Waals surface area contributed by atoms with E-state index in [0.717, 1.165) is 0 Å². The van der Waals surface area contributed by atoms with Gasteiger partial charge in [0.1, 0.15) is 0 Å². The molecular weight excluding hydrogens is 357 g/mol. The van der Waals surface area contributed by atoms with E-state index < -0.39 is 5.91 Å². The minimum atomic E-state index is -0.530. The molecule has 104 valence electrons. The van der Waals surface area contributed by atoms with Gasteiger partial charge in [-0.15, -0.1) is 4.68 Å². The molecule has 0 spiro atoms. The van der Waals surface area contributed by atoms with Crippen LogP contribution in [0.4, 0.5) is 0 Å². The number of nitrogens with zero attached hydrogens (tertiary/aromatic N) is 1. The number of allylic oxidation sites excluding steroid dienone is 4. The third-order valence-corrected chi connectivity index (χ3v) is 3.28. The number of rotatable bonds is 3. The second kappa shape index (κ2) is 6.20. The molecule has 2 unspecified atom stereocenters. The van der Waals surface area contributed by atoms with Gasteiger partial charge in [-0.1, -0.05) is 41.7 Å². The fourth-order valence-electron chi connectivity index (χ4n) is 1.71. The van der Waals surface area contributed by atoms with Crippen LogP contribution in [0.3, 0.4) is 0 Å². The van der Waals surface area contributed by atoms with Crippen molar-refractivity contribution in [3.8, 4) is 0 Å². The summed E-state index contributed by atoms with van der Waals surface area (Å²) in [7, 11) is 0. The number of hydrogen-bond acceptors (Lipinski definition) is 3. The minimum absolute atomic E-state index is 0.115. The number of carbonyl (C=O) groups is 1. The molecule has 0 aromatic rings. The SMILES string of the molecule is CC1/C=C\C(C)(I)\C=C(C(N)=O)/C([N+](/N)=C/NN)=C\1. The van der Waals surface area contributed by atoms with Crippen molar-refractivity contribution in [3.63, 3.8) is 0 Å². The molecule has 0 aromatic heterocycles. The van der Waals surface area contributed by atoms with Gasteiger partial charge in [0.25, 0.3) is 12.2 Å². The molecule has 0 aliphatic heterocycles. The molecule has 0 aromatic carbocycles. The van der Waals surface area contributed by atoms with Crippen molar-refractivity contribution < 1.29 is 9.48 Å². The van der Waals surface area contributed by atoms with Gasteiger partial charge in [0.15, 0.2) is 5.70 Å². The molecule has 2 atom stereocenters. The molecule has 1 rings (SSSR count). The lowest BCUT2D eigenvalue weighted by Crippen LogP contribution is -2.34. The van der Waals surface area contributed by atoms with E-state index in [1.165, 1.54) is 11.0 Å². The maximum Gasteiger partial charge on any atom is 0.278 e. The normalized spacial score (nSPS) is 35.2. The molecule has 0 saturated heterocycles. The summed E-state index contributed by atoms with van der Waals surface area (Å²) >= 11 is 2.24. The van der Waals surface area contributed by atoms with Gasteiger partial charge >= 0.3 is 0 Å². The fourth-order valence-corrected chi connectivity index (χ4v) is 2.23. The Bertz CT molecular complexity index is 490. The van der Waals surface area contributed by atoms with Crippen molar-refractivity contribution in [1.29, 1.82) is 0 Å². The molecule has 0 radical (unpaired) electrons. The van der Waals surface area contributed by atoms with Crippen LogP contribution in [0.25, 0.3) is 0 Å². The van der Waals surface area contributed by atoms with E-state index in [1.807, 2.05) is 32.1 Å². The van der Waals surface area contributed by atoms with E-state index >= 15 is 0 Å². The summed E-state index contributed by atoms with van der Waals surface area (Å²) in [6.45, 7) is 3.98. The van der Waals surface area contributed by atoms with Crippen LogP contribution in [0.15, 0.2) is 35.6 Å². The highest BCUT2D eigenvalue weighted by Crippen LogP contribution is 2.29. The third kappa shape index (κ3) is 4.35. The molecule has 19 heavy (non-hydrogen) atoms. The molecule has 1 aliphatic carbocycles. The van der Waals surface area contributed by atoms with Crippen molar-refractivity contribution in [2.75, 3.05) is 0 Å². The zero-order valence-corrected chi connectivity index (χ0v) is 13.1. The van der Waals surface area contributed by atoms with E-state index in [-0.39, 0.29) is 9.34 Å². The van der Waals surface area contributed by atoms with Gasteiger partial charge < -0.3 is 5.73 Å². The average Bonchev–Trinajstić information content (AvgIpc) is 2.29. The number of nitrogens with one attached hydrogen (secondary N) is 1. The zero-order chi connectivity index (χ0) is 14.6. The average molecular weight is 376 g/mol. The molecule has 1 amide bonds. The number of carbonyl (C=O) groups excluding carboxylic acids is 1. The van der Waals surface area contributed by atoms with Crippen molar-refractivity contribution in [3.05, 3.63) is 35.6 Å². The Labute approximate surface area is 126 Å². The Hall–Kier alpha value is -1.35. The lowest BCUT2D eigenvalue weighted by molar-refractivity contribution is -0.482. The van der Waals surface area contributed by atoms with Gasteiger partial charge in [-0.3, -0.25) is 10.6 Å². The van der Waals surface area contributed by atoms with Crippen LogP contribution in [0.5, 0.6) is 0 Å². The molecular formula is C12H19IN5O+. The van der Waals surface area contributed by atoms with Crippen LogP contribution in [-0.4, -0.2) is 20.4 Å². The Morgan fingerprint density at radius 2 is 2.26 bits per heavy atom. The molecule has 0 fully saturated rings. The molecule has 6 nitrogen and oxygen atoms in total. The first-order chi connectivity index (χ1) is 8.76. The predicted octanol–water partition coefficient (Wildman–Crippen LogP) is 0.0594. The summed E-state index contributed by atoms with van der Waals surface area (Å²) in [5.74, 6) is 10.6. The molecule has 7 N–H and O–H groups in total. The number of hydrazone groups is 1. The Morgan fingerprint density at radius 3 is 2.79 bits per heavy atom. The molecule has 0 heterocycles. The van der Waals surface area contributed by atoms with Crippen LogP contribution in [0.2, 0.25) is 0 Å². The largest absolute Gasteiger partial charge is 0.365 e. The van der Waals surface area contributed by atoms with Gasteiger partial charge in [-0.25, -0.2) is 5.43 Å². The molecule has 7 heteroatoms. The summed E-state index contributed by atoms with van der Waals surface area (Å²) < 4.78 is 0.936. The van der Waals surface area contributed by atoms with E-state index in [1.54, 1.807) is 6.08 Å². The topological polar surface area (TPSA) is 110 Å². The second-order valence-electron chi connectivity index (χ2n) is 4.55. The highest BCUT2D eigenvalue weighted by atomic mass is 127. The van der Waals surface area contributed by atoms with E-state index in [2.05, 4.69) is 28.0 Å². The summed E-state index contributed by atoms with van der Waals surface area (Å²) in [6, 6.07) is 0. The number of primary amides is 1. The Morgan fingerprint density at radius 1 is 1.63 bits per heavy atom. The van der Waals surface area contributed by atoms with Crippen LogP contribution in [0.1, 0.15) is 13.8 Å². The van der Waals surface area contributed by atoms with Crippen LogP contribution < -0.4 is 22.8 Å². The monoisotopic (exact) mass is 376 g/mol. The van der Waals surface area contributed by atoms with E-state index in [4.69, 9.17) is 17.4 Å². The lowest BCUT2D eigenvalue weighted by Gasteiger charge is -2.19. The van der Waals surface area contributed by atoms with Crippen LogP contribution in [-0.2, 0) is 4.79 Å². The number of amides is 1. The quantitative estimate of drug-likeness (QED) is 0.0816. The van der Waals surface area contributed by atoms with Gasteiger partial charge in [0, 0.05) is 0 Å². The maximum atomic E-state index is 11.7. The summed E-state index contributed by atoms with van der Waals surface area (Å²) in [5, 5.41) is 0. The first-order valence-electron chi connectivity index (χ1n) is 5.73. The first kappa shape index (κ1) is 15.7. The van der Waals surface area contributed by atoms with Crippen molar-refractivity contribution in [2.24, 2.45) is 23.3 Å². The number of nitrogens with two attached hydrogens (primary N) is 3. The molecule has 0 bridgehead atoms. The highest BCUT2D eigenvalue weighted by molar-refractivity contribution is 14.1. The van der Waals surface area contributed by atoms with Crippen molar-refractivity contribution in [1.82, 2.24) is 5.43 Å². The number of hydrogen-bond donors (Lipinski definition) is 4. The minimum Gasteiger partial charge on any atom is -0.365 e. The van der Waals surface area contributed by atoms with Crippen LogP contribution >= 0.6 is 22.6 Å². The van der Waals surface area contributed by atoms with Gasteiger partial charge in [0.2, 0.25) is 0 Å². The third-order valence-electron chi connectivity index (χ3n) is 2.61. The van der Waals surface area contributed by atoms with Gasteiger partial charge in [-0.05, 0) is 25.0 Å². The van der Waals surface area contributed by atoms with E-state index in [0.29, 0.717) is 11.3 Å². The van der Waals surface area contributed by atoms with Crippen molar-refractivity contribution >= 4 is 34.8 Å². The molecule has 0 saturated carbocycles. The maximum absolute atomic E-state index is 11.7. The summed E-state index contributed by atoms with van der Waals surface area (Å²) in [5.41, 5.74) is 8.67. The Kier molecular flexibility index (Phi) is 5.12. The van der Waals surface area contributed by atoms with Gasteiger partial charge in [0.05, 0.1) is 8.99 Å². The van der Waals surface area contributed by atoms with Crippen LogP contribution in [0, 0.1) is 5.92 Å². The smallest absolute Gasteiger partial charge is 0.278 e. The highest BCUT2D eigenvalue weighted by Gasteiger charge is 2.25.